The Balaban J connectivity index is 2.90. The third-order valence-electron chi connectivity index (χ3n) is 4.46. The van der Waals surface area contributed by atoms with E-state index in [1.807, 2.05) is 36.5 Å². The van der Waals surface area contributed by atoms with Gasteiger partial charge in [-0.15, -0.1) is 11.8 Å². The zero-order valence-electron chi connectivity index (χ0n) is 19.2. The zero-order chi connectivity index (χ0) is 23.6. The van der Waals surface area contributed by atoms with Crippen LogP contribution >= 0.6 is 11.8 Å². The van der Waals surface area contributed by atoms with Gasteiger partial charge in [0, 0.05) is 10.6 Å². The predicted octanol–water partition coefficient (Wildman–Crippen LogP) is 7.72. The monoisotopic (exact) mass is 442 g/mol. The standard InChI is InChI=1S/C29H34N2S/c1-7-11-16-26(15-9-3)19-13-17-25(10-4)18-14-20-27-22-28(31-23-30-27)24(5)29(32-6)21-12-8-2/h7-16,18-23,27H,1-4,17H2,5-6H3,(H,30,31)/b16-11-,19-13-,20-14+,21-12-,25-18+,26-15-,29-24-. The highest BCUT2D eigenvalue weighted by atomic mass is 32.2. The Morgan fingerprint density at radius 2 is 1.78 bits per heavy atom. The van der Waals surface area contributed by atoms with Crippen molar-refractivity contribution in [2.75, 3.05) is 6.26 Å². The average molecular weight is 443 g/mol. The van der Waals surface area contributed by atoms with Gasteiger partial charge in [0.15, 0.2) is 0 Å². The van der Waals surface area contributed by atoms with E-state index < -0.39 is 0 Å². The van der Waals surface area contributed by atoms with Gasteiger partial charge in [0.2, 0.25) is 0 Å². The molecule has 0 saturated carbocycles. The first kappa shape index (κ1) is 26.7. The van der Waals surface area contributed by atoms with Crippen LogP contribution < -0.4 is 5.32 Å². The lowest BCUT2D eigenvalue weighted by atomic mass is 10.1. The molecule has 0 saturated heterocycles. The molecule has 0 amide bonds. The Labute approximate surface area is 198 Å². The number of nitrogens with zero attached hydrogens (tertiary/aromatic N) is 1. The van der Waals surface area contributed by atoms with Crippen molar-refractivity contribution >= 4 is 18.1 Å². The summed E-state index contributed by atoms with van der Waals surface area (Å²) in [6.07, 6.45) is 34.2. The Hall–Kier alpha value is -3.30. The number of rotatable bonds is 13. The van der Waals surface area contributed by atoms with Crippen LogP contribution in [0, 0.1) is 0 Å². The van der Waals surface area contributed by atoms with Crippen molar-refractivity contribution in [2.24, 2.45) is 4.99 Å². The van der Waals surface area contributed by atoms with E-state index in [0.717, 1.165) is 23.3 Å². The van der Waals surface area contributed by atoms with Crippen molar-refractivity contribution < 1.29 is 0 Å². The fourth-order valence-electron chi connectivity index (χ4n) is 2.75. The molecule has 3 heteroatoms. The predicted molar refractivity (Wildman–Crippen MR) is 148 cm³/mol. The van der Waals surface area contributed by atoms with E-state index in [2.05, 4.69) is 86.3 Å². The second kappa shape index (κ2) is 16.4. The molecule has 1 atom stereocenters. The molecule has 1 rings (SSSR count). The lowest BCUT2D eigenvalue weighted by Gasteiger charge is -2.17. The van der Waals surface area contributed by atoms with E-state index in [4.69, 9.17) is 0 Å². The smallest absolute Gasteiger partial charge is 0.0904 e. The molecule has 0 fully saturated rings. The second-order valence-electron chi connectivity index (χ2n) is 6.72. The van der Waals surface area contributed by atoms with Gasteiger partial charge in [0.05, 0.1) is 12.4 Å². The lowest BCUT2D eigenvalue weighted by molar-refractivity contribution is 0.942. The molecular weight excluding hydrogens is 408 g/mol. The van der Waals surface area contributed by atoms with Gasteiger partial charge in [-0.1, -0.05) is 105 Å². The fraction of sp³-hybridized carbons (Fsp3) is 0.138. The number of hydrogen-bond acceptors (Lipinski definition) is 3. The van der Waals surface area contributed by atoms with Crippen molar-refractivity contribution in [2.45, 2.75) is 19.4 Å². The van der Waals surface area contributed by atoms with Gasteiger partial charge in [-0.25, -0.2) is 0 Å². The van der Waals surface area contributed by atoms with Crippen LogP contribution in [-0.2, 0) is 0 Å². The van der Waals surface area contributed by atoms with Crippen LogP contribution in [0.4, 0.5) is 0 Å². The van der Waals surface area contributed by atoms with Crippen molar-refractivity contribution in [3.05, 3.63) is 145 Å². The Kier molecular flexibility index (Phi) is 13.7. The Morgan fingerprint density at radius 3 is 2.44 bits per heavy atom. The zero-order valence-corrected chi connectivity index (χ0v) is 20.0. The van der Waals surface area contributed by atoms with Gasteiger partial charge in [-0.05, 0) is 48.5 Å². The molecule has 0 bridgehead atoms. The normalized spacial score (nSPS) is 18.2. The van der Waals surface area contributed by atoms with E-state index in [9.17, 15) is 0 Å². The minimum atomic E-state index is -0.0169. The molecule has 32 heavy (non-hydrogen) atoms. The summed E-state index contributed by atoms with van der Waals surface area (Å²) < 4.78 is 0. The molecule has 166 valence electrons. The Bertz CT molecular complexity index is 944. The summed E-state index contributed by atoms with van der Waals surface area (Å²) in [5.41, 5.74) is 4.44. The van der Waals surface area contributed by atoms with Gasteiger partial charge >= 0.3 is 0 Å². The first-order valence-electron chi connectivity index (χ1n) is 10.4. The molecule has 2 nitrogen and oxygen atoms in total. The molecule has 0 aromatic rings. The summed E-state index contributed by atoms with van der Waals surface area (Å²) in [6, 6.07) is -0.0169. The minimum Gasteiger partial charge on any atom is -0.347 e. The molecule has 1 heterocycles. The van der Waals surface area contributed by atoms with Crippen LogP contribution in [0.2, 0.25) is 0 Å². The van der Waals surface area contributed by atoms with Gasteiger partial charge in [-0.3, -0.25) is 4.99 Å². The summed E-state index contributed by atoms with van der Waals surface area (Å²) in [5, 5.41) is 3.25. The maximum atomic E-state index is 4.50. The molecule has 1 aliphatic rings. The van der Waals surface area contributed by atoms with Gasteiger partial charge in [-0.2, -0.15) is 0 Å². The van der Waals surface area contributed by atoms with Crippen LogP contribution in [-0.4, -0.2) is 18.6 Å². The third kappa shape index (κ3) is 10.1. The van der Waals surface area contributed by atoms with E-state index in [0.29, 0.717) is 0 Å². The average Bonchev–Trinajstić information content (AvgIpc) is 2.82. The van der Waals surface area contributed by atoms with Crippen LogP contribution in [0.15, 0.2) is 150 Å². The molecular formula is C29H34N2S. The highest BCUT2D eigenvalue weighted by Crippen LogP contribution is 2.24. The van der Waals surface area contributed by atoms with Crippen LogP contribution in [0.3, 0.4) is 0 Å². The van der Waals surface area contributed by atoms with Crippen molar-refractivity contribution in [3.8, 4) is 0 Å². The highest BCUT2D eigenvalue weighted by molar-refractivity contribution is 8.02. The summed E-state index contributed by atoms with van der Waals surface area (Å²) in [5.74, 6) is 0. The van der Waals surface area contributed by atoms with Crippen molar-refractivity contribution in [1.29, 1.82) is 0 Å². The molecule has 0 aromatic carbocycles. The largest absolute Gasteiger partial charge is 0.347 e. The van der Waals surface area contributed by atoms with Gasteiger partial charge in [0.25, 0.3) is 0 Å². The minimum absolute atomic E-state index is 0.0169. The molecule has 1 aliphatic heterocycles. The third-order valence-corrected chi connectivity index (χ3v) is 5.34. The summed E-state index contributed by atoms with van der Waals surface area (Å²) in [6.45, 7) is 17.2. The molecule has 1 unspecified atom stereocenters. The number of thioether (sulfide) groups is 1. The molecule has 0 radical (unpaired) electrons. The van der Waals surface area contributed by atoms with E-state index >= 15 is 0 Å². The van der Waals surface area contributed by atoms with Crippen molar-refractivity contribution in [3.63, 3.8) is 0 Å². The number of hydrogen-bond donors (Lipinski definition) is 1. The quantitative estimate of drug-likeness (QED) is 0.295. The maximum Gasteiger partial charge on any atom is 0.0904 e. The topological polar surface area (TPSA) is 24.4 Å². The van der Waals surface area contributed by atoms with Gasteiger partial charge in [0.1, 0.15) is 0 Å². The van der Waals surface area contributed by atoms with Gasteiger partial charge < -0.3 is 5.32 Å². The van der Waals surface area contributed by atoms with E-state index in [-0.39, 0.29) is 6.04 Å². The highest BCUT2D eigenvalue weighted by Gasteiger charge is 2.10. The maximum absolute atomic E-state index is 4.50. The SMILES string of the molecule is C=C/C=C\C(SC)=C(/C)C1=CC(/C=C/C=C(\C=C)C\C=C/C(/C=C\C=C)=C\C=C)N=CN1. The summed E-state index contributed by atoms with van der Waals surface area (Å²) >= 11 is 1.71. The fourth-order valence-corrected chi connectivity index (χ4v) is 3.38. The summed E-state index contributed by atoms with van der Waals surface area (Å²) in [4.78, 5) is 5.69. The molecule has 1 N–H and O–H groups in total. The molecule has 0 aliphatic carbocycles. The lowest BCUT2D eigenvalue weighted by Crippen LogP contribution is -2.20. The number of aliphatic imine (C=N–C) groups is 1. The first-order chi connectivity index (χ1) is 15.6. The van der Waals surface area contributed by atoms with E-state index in [1.165, 1.54) is 10.5 Å². The van der Waals surface area contributed by atoms with E-state index in [1.54, 1.807) is 36.3 Å². The van der Waals surface area contributed by atoms with Crippen LogP contribution in [0.25, 0.3) is 0 Å². The Morgan fingerprint density at radius 1 is 1.03 bits per heavy atom. The number of allylic oxidation sites excluding steroid dienone is 16. The van der Waals surface area contributed by atoms with Crippen LogP contribution in [0.1, 0.15) is 13.3 Å². The van der Waals surface area contributed by atoms with Crippen molar-refractivity contribution in [1.82, 2.24) is 5.32 Å². The number of nitrogens with one attached hydrogen (secondary N) is 1. The second-order valence-corrected chi connectivity index (χ2v) is 7.56. The first-order valence-corrected chi connectivity index (χ1v) is 11.6. The molecule has 0 spiro atoms. The summed E-state index contributed by atoms with van der Waals surface area (Å²) in [7, 11) is 0. The van der Waals surface area contributed by atoms with Crippen LogP contribution in [0.5, 0.6) is 0 Å². The molecule has 0 aromatic heterocycles.